The Bertz CT molecular complexity index is 459. The van der Waals surface area contributed by atoms with Crippen LogP contribution in [0.1, 0.15) is 43.2 Å². The number of aliphatic hydroxyl groups is 1. The van der Waals surface area contributed by atoms with Crippen LogP contribution < -0.4 is 0 Å². The molecule has 104 valence electrons. The molecule has 19 heavy (non-hydrogen) atoms. The Morgan fingerprint density at radius 1 is 1.63 bits per heavy atom. The summed E-state index contributed by atoms with van der Waals surface area (Å²) in [6.07, 6.45) is 5.26. The second-order valence-electron chi connectivity index (χ2n) is 5.80. The minimum atomic E-state index is -0.598. The minimum absolute atomic E-state index is 0.106. The van der Waals surface area contributed by atoms with Gasteiger partial charge >= 0.3 is 0 Å². The summed E-state index contributed by atoms with van der Waals surface area (Å²) in [5.41, 5.74) is -0.598. The predicted molar refractivity (Wildman–Crippen MR) is 68.5 cm³/mol. The van der Waals surface area contributed by atoms with Crippen LogP contribution in [0.25, 0.3) is 0 Å². The lowest BCUT2D eigenvalue weighted by Gasteiger charge is -2.40. The third-order valence-corrected chi connectivity index (χ3v) is 4.86. The molecule has 5 nitrogen and oxygen atoms in total. The van der Waals surface area contributed by atoms with Crippen molar-refractivity contribution in [2.45, 2.75) is 38.2 Å². The molecule has 1 aliphatic carbocycles. The van der Waals surface area contributed by atoms with E-state index in [9.17, 15) is 9.90 Å². The van der Waals surface area contributed by atoms with Crippen LogP contribution in [0.4, 0.5) is 0 Å². The van der Waals surface area contributed by atoms with Crippen molar-refractivity contribution >= 4 is 5.91 Å². The number of carbonyl (C=O) groups is 1. The molecule has 0 aromatic carbocycles. The third-order valence-electron chi connectivity index (χ3n) is 4.86. The third kappa shape index (κ3) is 2.06. The zero-order chi connectivity index (χ0) is 13.5. The van der Waals surface area contributed by atoms with Gasteiger partial charge < -0.3 is 14.5 Å². The molecule has 1 amide bonds. The summed E-state index contributed by atoms with van der Waals surface area (Å²) in [6.45, 7) is 3.39. The number of hydrogen-bond acceptors (Lipinski definition) is 4. The number of likely N-dealkylation sites (tertiary alicyclic amines) is 1. The molecule has 3 atom stereocenters. The Morgan fingerprint density at radius 3 is 3.16 bits per heavy atom. The van der Waals surface area contributed by atoms with Gasteiger partial charge in [0.2, 0.25) is 5.76 Å². The Hall–Kier alpha value is -1.36. The highest BCUT2D eigenvalue weighted by molar-refractivity contribution is 5.91. The Balaban J connectivity index is 1.77. The Kier molecular flexibility index (Phi) is 3.09. The Labute approximate surface area is 112 Å². The molecule has 2 fully saturated rings. The lowest BCUT2D eigenvalue weighted by Crippen LogP contribution is -2.44. The van der Waals surface area contributed by atoms with E-state index < -0.39 is 5.60 Å². The molecule has 2 heterocycles. The van der Waals surface area contributed by atoms with Gasteiger partial charge in [0.1, 0.15) is 0 Å². The van der Waals surface area contributed by atoms with E-state index in [4.69, 9.17) is 4.52 Å². The highest BCUT2D eigenvalue weighted by Gasteiger charge is 2.49. The van der Waals surface area contributed by atoms with Gasteiger partial charge in [-0.05, 0) is 25.2 Å². The maximum Gasteiger partial charge on any atom is 0.292 e. The second-order valence-corrected chi connectivity index (χ2v) is 5.80. The zero-order valence-corrected chi connectivity index (χ0v) is 11.2. The molecular formula is C14H20N2O3. The van der Waals surface area contributed by atoms with E-state index in [1.807, 2.05) is 11.8 Å². The Morgan fingerprint density at radius 2 is 2.47 bits per heavy atom. The molecule has 5 heteroatoms. The van der Waals surface area contributed by atoms with E-state index in [1.165, 1.54) is 6.20 Å². The van der Waals surface area contributed by atoms with Crippen LogP contribution in [0.2, 0.25) is 0 Å². The fourth-order valence-corrected chi connectivity index (χ4v) is 3.71. The molecular weight excluding hydrogens is 244 g/mol. The SMILES string of the molecule is CC[C@@]1(O)CCC[C@@H]2CN(C(=O)c3ccno3)C[C@@H]21. The molecule has 3 rings (SSSR count). The smallest absolute Gasteiger partial charge is 0.292 e. The lowest BCUT2D eigenvalue weighted by atomic mass is 9.69. The van der Waals surface area contributed by atoms with Gasteiger partial charge in [-0.25, -0.2) is 0 Å². The molecule has 1 saturated heterocycles. The van der Waals surface area contributed by atoms with Crippen LogP contribution in [0.5, 0.6) is 0 Å². The molecule has 1 N–H and O–H groups in total. The molecule has 0 spiro atoms. The predicted octanol–water partition coefficient (Wildman–Crippen LogP) is 1.69. The van der Waals surface area contributed by atoms with E-state index in [2.05, 4.69) is 5.16 Å². The average Bonchev–Trinajstić information content (AvgIpc) is 3.08. The monoisotopic (exact) mass is 264 g/mol. The van der Waals surface area contributed by atoms with Gasteiger partial charge in [-0.2, -0.15) is 0 Å². The summed E-state index contributed by atoms with van der Waals surface area (Å²) in [5.74, 6) is 0.813. The molecule has 0 bridgehead atoms. The summed E-state index contributed by atoms with van der Waals surface area (Å²) >= 11 is 0. The van der Waals surface area contributed by atoms with Gasteiger partial charge in [0.15, 0.2) is 0 Å². The first-order valence-electron chi connectivity index (χ1n) is 7.06. The zero-order valence-electron chi connectivity index (χ0n) is 11.2. The topological polar surface area (TPSA) is 66.6 Å². The summed E-state index contributed by atoms with van der Waals surface area (Å²) in [5, 5.41) is 14.3. The van der Waals surface area contributed by atoms with Gasteiger partial charge in [-0.15, -0.1) is 0 Å². The number of fused-ring (bicyclic) bond motifs is 1. The maximum absolute atomic E-state index is 12.3. The second kappa shape index (κ2) is 4.63. The average molecular weight is 264 g/mol. The van der Waals surface area contributed by atoms with Crippen molar-refractivity contribution in [3.8, 4) is 0 Å². The fourth-order valence-electron chi connectivity index (χ4n) is 3.71. The summed E-state index contributed by atoms with van der Waals surface area (Å²) in [6, 6.07) is 1.59. The largest absolute Gasteiger partial charge is 0.390 e. The van der Waals surface area contributed by atoms with E-state index >= 15 is 0 Å². The van der Waals surface area contributed by atoms with Crippen molar-refractivity contribution < 1.29 is 14.4 Å². The van der Waals surface area contributed by atoms with E-state index in [-0.39, 0.29) is 11.8 Å². The normalized spacial score (nSPS) is 34.3. The van der Waals surface area contributed by atoms with Crippen molar-refractivity contribution in [2.75, 3.05) is 13.1 Å². The number of aromatic nitrogens is 1. The first-order valence-corrected chi connectivity index (χ1v) is 7.06. The van der Waals surface area contributed by atoms with Crippen LogP contribution in [-0.4, -0.2) is 39.8 Å². The molecule has 1 aromatic heterocycles. The summed E-state index contributed by atoms with van der Waals surface area (Å²) in [7, 11) is 0. The number of rotatable bonds is 2. The van der Waals surface area contributed by atoms with Crippen LogP contribution >= 0.6 is 0 Å². The molecule has 2 aliphatic rings. The van der Waals surface area contributed by atoms with Gasteiger partial charge in [-0.1, -0.05) is 18.5 Å². The quantitative estimate of drug-likeness (QED) is 0.882. The van der Waals surface area contributed by atoms with Gasteiger partial charge in [0, 0.05) is 25.1 Å². The number of carbonyl (C=O) groups excluding carboxylic acids is 1. The van der Waals surface area contributed by atoms with Crippen LogP contribution in [0.3, 0.4) is 0 Å². The highest BCUT2D eigenvalue weighted by atomic mass is 16.5. The van der Waals surface area contributed by atoms with E-state index in [0.29, 0.717) is 18.2 Å². The molecule has 1 saturated carbocycles. The van der Waals surface area contributed by atoms with Crippen LogP contribution in [0.15, 0.2) is 16.8 Å². The van der Waals surface area contributed by atoms with Crippen molar-refractivity contribution in [3.05, 3.63) is 18.0 Å². The highest BCUT2D eigenvalue weighted by Crippen LogP contribution is 2.44. The van der Waals surface area contributed by atoms with Crippen molar-refractivity contribution in [2.24, 2.45) is 11.8 Å². The number of nitrogens with zero attached hydrogens (tertiary/aromatic N) is 2. The van der Waals surface area contributed by atoms with Crippen molar-refractivity contribution in [1.82, 2.24) is 10.1 Å². The molecule has 0 unspecified atom stereocenters. The van der Waals surface area contributed by atoms with Crippen molar-refractivity contribution in [3.63, 3.8) is 0 Å². The first kappa shape index (κ1) is 12.7. The molecule has 0 radical (unpaired) electrons. The summed E-state index contributed by atoms with van der Waals surface area (Å²) < 4.78 is 4.94. The standard InChI is InChI=1S/C14H20N2O3/c1-2-14(18)6-3-4-10-8-16(9-11(10)14)13(17)12-5-7-15-19-12/h5,7,10-11,18H,2-4,6,8-9H2,1H3/t10-,11+,14-/m1/s1. The fraction of sp³-hybridized carbons (Fsp3) is 0.714. The van der Waals surface area contributed by atoms with Crippen LogP contribution in [-0.2, 0) is 0 Å². The van der Waals surface area contributed by atoms with Gasteiger partial charge in [-0.3, -0.25) is 4.79 Å². The molecule has 1 aromatic rings. The lowest BCUT2D eigenvalue weighted by molar-refractivity contribution is -0.0609. The van der Waals surface area contributed by atoms with Crippen molar-refractivity contribution in [1.29, 1.82) is 0 Å². The van der Waals surface area contributed by atoms with Gasteiger partial charge in [0.05, 0.1) is 11.8 Å². The van der Waals surface area contributed by atoms with E-state index in [0.717, 1.165) is 32.2 Å². The number of amides is 1. The first-order chi connectivity index (χ1) is 9.14. The van der Waals surface area contributed by atoms with Crippen LogP contribution in [0, 0.1) is 11.8 Å². The number of hydrogen-bond donors (Lipinski definition) is 1. The summed E-state index contributed by atoms with van der Waals surface area (Å²) in [4.78, 5) is 14.1. The maximum atomic E-state index is 12.3. The van der Waals surface area contributed by atoms with Gasteiger partial charge in [0.25, 0.3) is 5.91 Å². The minimum Gasteiger partial charge on any atom is -0.390 e. The molecule has 1 aliphatic heterocycles. The van der Waals surface area contributed by atoms with E-state index in [1.54, 1.807) is 6.07 Å².